The van der Waals surface area contributed by atoms with E-state index in [2.05, 4.69) is 10.3 Å². The molecule has 1 N–H and O–H groups in total. The molecule has 194 valence electrons. The second-order valence-corrected chi connectivity index (χ2v) is 10.3. The van der Waals surface area contributed by atoms with Crippen molar-refractivity contribution in [2.45, 2.75) is 25.0 Å². The van der Waals surface area contributed by atoms with Crippen LogP contribution in [0.4, 0.5) is 14.5 Å². The fourth-order valence-electron chi connectivity index (χ4n) is 3.79. The number of rotatable bonds is 9. The highest BCUT2D eigenvalue weighted by Crippen LogP contribution is 2.31. The van der Waals surface area contributed by atoms with Crippen LogP contribution in [0.2, 0.25) is 0 Å². The lowest BCUT2D eigenvalue weighted by atomic mass is 10.2. The van der Waals surface area contributed by atoms with Gasteiger partial charge in [0.2, 0.25) is 5.91 Å². The summed E-state index contributed by atoms with van der Waals surface area (Å²) in [6.45, 7) is 2.89. The number of carbonyl (C=O) groups excluding carboxylic acids is 1. The molecule has 0 atom stereocenters. The maximum atomic E-state index is 13.6. The lowest BCUT2D eigenvalue weighted by Crippen LogP contribution is -2.24. The predicted molar refractivity (Wildman–Crippen MR) is 146 cm³/mol. The van der Waals surface area contributed by atoms with E-state index in [0.717, 1.165) is 47.0 Å². The van der Waals surface area contributed by atoms with E-state index < -0.39 is 17.5 Å². The van der Waals surface area contributed by atoms with Crippen LogP contribution in [-0.2, 0) is 11.3 Å². The first kappa shape index (κ1) is 25.8. The number of benzene rings is 2. The molecule has 2 aromatic carbocycles. The highest BCUT2D eigenvalue weighted by atomic mass is 32.2. The van der Waals surface area contributed by atoms with Gasteiger partial charge in [0.25, 0.3) is 5.56 Å². The Hall–Kier alpha value is -3.83. The molecule has 0 aliphatic rings. The van der Waals surface area contributed by atoms with E-state index in [0.29, 0.717) is 26.8 Å². The van der Waals surface area contributed by atoms with E-state index >= 15 is 0 Å². The lowest BCUT2D eigenvalue weighted by Gasteiger charge is -2.13. The minimum atomic E-state index is -1.06. The number of hydrogen-bond donors (Lipinski definition) is 1. The third-order valence-electron chi connectivity index (χ3n) is 5.59. The Morgan fingerprint density at radius 1 is 1.13 bits per heavy atom. The van der Waals surface area contributed by atoms with Crippen molar-refractivity contribution in [3.05, 3.63) is 88.3 Å². The number of halogens is 2. The van der Waals surface area contributed by atoms with Crippen LogP contribution >= 0.6 is 23.1 Å². The zero-order valence-corrected chi connectivity index (χ0v) is 21.9. The largest absolute Gasteiger partial charge is 0.494 e. The fraction of sp³-hybridized carbons (Fsp3) is 0.185. The molecule has 0 spiro atoms. The smallest absolute Gasteiger partial charge is 0.272 e. The van der Waals surface area contributed by atoms with Crippen LogP contribution in [0.5, 0.6) is 5.75 Å². The van der Waals surface area contributed by atoms with Gasteiger partial charge < -0.3 is 10.1 Å². The number of thioether (sulfide) groups is 1. The van der Waals surface area contributed by atoms with Crippen LogP contribution in [0.1, 0.15) is 18.9 Å². The quantitative estimate of drug-likeness (QED) is 0.182. The average molecular weight is 553 g/mol. The second-order valence-electron chi connectivity index (χ2n) is 8.38. The number of carbonyl (C=O) groups is 1. The Kier molecular flexibility index (Phi) is 7.66. The van der Waals surface area contributed by atoms with Crippen molar-refractivity contribution in [2.24, 2.45) is 0 Å². The summed E-state index contributed by atoms with van der Waals surface area (Å²) in [4.78, 5) is 36.1. The van der Waals surface area contributed by atoms with E-state index in [4.69, 9.17) is 9.72 Å². The second kappa shape index (κ2) is 11.3. The molecule has 5 rings (SSSR count). The number of aromatic nitrogens is 3. The van der Waals surface area contributed by atoms with Crippen LogP contribution < -0.4 is 15.6 Å². The molecule has 0 fully saturated rings. The number of nitrogens with one attached hydrogen (secondary N) is 1. The molecule has 0 aliphatic carbocycles. The monoisotopic (exact) mass is 552 g/mol. The minimum Gasteiger partial charge on any atom is -0.494 e. The summed E-state index contributed by atoms with van der Waals surface area (Å²) in [5, 5.41) is 3.67. The predicted octanol–water partition coefficient (Wildman–Crippen LogP) is 5.85. The zero-order valence-electron chi connectivity index (χ0n) is 20.2. The standard InChI is InChI=1S/C27H22F2N4O3S2/c1-2-12-36-18-8-5-16(6-9-18)14-33-26(35)24-23(19-4-3-11-30-25(19)38-24)32-27(33)37-15-22(34)31-17-7-10-20(28)21(29)13-17/h3-11,13H,2,12,14-15H2,1H3,(H,31,34). The first-order valence-electron chi connectivity index (χ1n) is 11.8. The number of thiophene rings is 1. The Bertz CT molecular complexity index is 1690. The molecule has 0 aliphatic heterocycles. The number of fused-ring (bicyclic) bond motifs is 3. The summed E-state index contributed by atoms with van der Waals surface area (Å²) in [6, 6.07) is 14.3. The molecular formula is C27H22F2N4O3S2. The summed E-state index contributed by atoms with van der Waals surface area (Å²) in [6.07, 6.45) is 2.56. The van der Waals surface area contributed by atoms with Crippen molar-refractivity contribution in [3.63, 3.8) is 0 Å². The SMILES string of the molecule is CCCOc1ccc(Cn2c(SCC(=O)Nc3ccc(F)c(F)c3)nc3c(sc4ncccc43)c2=O)cc1. The highest BCUT2D eigenvalue weighted by molar-refractivity contribution is 7.99. The van der Waals surface area contributed by atoms with Gasteiger partial charge in [0, 0.05) is 23.3 Å². The molecule has 3 aromatic heterocycles. The van der Waals surface area contributed by atoms with Gasteiger partial charge in [-0.2, -0.15) is 0 Å². The third-order valence-corrected chi connectivity index (χ3v) is 7.66. The Morgan fingerprint density at radius 2 is 1.95 bits per heavy atom. The molecule has 0 bridgehead atoms. The zero-order chi connectivity index (χ0) is 26.6. The molecule has 3 heterocycles. The van der Waals surface area contributed by atoms with Crippen molar-refractivity contribution >= 4 is 55.1 Å². The molecule has 7 nitrogen and oxygen atoms in total. The number of ether oxygens (including phenoxy) is 1. The van der Waals surface area contributed by atoms with E-state index in [-0.39, 0.29) is 23.5 Å². The number of hydrogen-bond acceptors (Lipinski definition) is 7. The highest BCUT2D eigenvalue weighted by Gasteiger charge is 2.18. The average Bonchev–Trinajstić information content (AvgIpc) is 3.30. The molecule has 1 amide bonds. The molecule has 0 unspecified atom stereocenters. The van der Waals surface area contributed by atoms with E-state index in [1.165, 1.54) is 22.0 Å². The number of amides is 1. The van der Waals surface area contributed by atoms with Gasteiger partial charge in [-0.05, 0) is 48.4 Å². The van der Waals surface area contributed by atoms with Crippen LogP contribution in [0, 0.1) is 11.6 Å². The third kappa shape index (κ3) is 5.53. The molecule has 11 heteroatoms. The Labute approximate surface area is 224 Å². The summed E-state index contributed by atoms with van der Waals surface area (Å²) in [5.41, 5.74) is 1.30. The van der Waals surface area contributed by atoms with Crippen LogP contribution in [-0.4, -0.2) is 32.8 Å². The number of anilines is 1. The van der Waals surface area contributed by atoms with Crippen molar-refractivity contribution in [3.8, 4) is 5.75 Å². The molecule has 0 saturated heterocycles. The van der Waals surface area contributed by atoms with Gasteiger partial charge in [-0.25, -0.2) is 18.7 Å². The maximum absolute atomic E-state index is 13.6. The molecular weight excluding hydrogens is 530 g/mol. The van der Waals surface area contributed by atoms with Crippen molar-refractivity contribution < 1.29 is 18.3 Å². The first-order chi connectivity index (χ1) is 18.4. The van der Waals surface area contributed by atoms with Gasteiger partial charge in [0.15, 0.2) is 16.8 Å². The maximum Gasteiger partial charge on any atom is 0.272 e. The van der Waals surface area contributed by atoms with Crippen molar-refractivity contribution in [1.82, 2.24) is 14.5 Å². The van der Waals surface area contributed by atoms with E-state index in [1.807, 2.05) is 37.3 Å². The summed E-state index contributed by atoms with van der Waals surface area (Å²) in [7, 11) is 0. The minimum absolute atomic E-state index is 0.0962. The lowest BCUT2D eigenvalue weighted by molar-refractivity contribution is -0.113. The van der Waals surface area contributed by atoms with Crippen molar-refractivity contribution in [2.75, 3.05) is 17.7 Å². The van der Waals surface area contributed by atoms with E-state index in [1.54, 1.807) is 12.3 Å². The molecule has 0 radical (unpaired) electrons. The van der Waals surface area contributed by atoms with Gasteiger partial charge in [-0.1, -0.05) is 30.8 Å². The molecule has 5 aromatic rings. The van der Waals surface area contributed by atoms with Gasteiger partial charge in [0.05, 0.1) is 24.4 Å². The number of nitrogens with zero attached hydrogens (tertiary/aromatic N) is 3. The summed E-state index contributed by atoms with van der Waals surface area (Å²) >= 11 is 2.37. The fourth-order valence-corrected chi connectivity index (χ4v) is 5.61. The normalized spacial score (nSPS) is 11.2. The van der Waals surface area contributed by atoms with Crippen LogP contribution in [0.25, 0.3) is 20.4 Å². The van der Waals surface area contributed by atoms with Gasteiger partial charge in [0.1, 0.15) is 15.3 Å². The summed E-state index contributed by atoms with van der Waals surface area (Å²) in [5.74, 6) is -1.85. The first-order valence-corrected chi connectivity index (χ1v) is 13.6. The summed E-state index contributed by atoms with van der Waals surface area (Å²) < 4.78 is 34.4. The Morgan fingerprint density at radius 3 is 2.71 bits per heavy atom. The number of pyridine rings is 1. The molecule has 38 heavy (non-hydrogen) atoms. The van der Waals surface area contributed by atoms with Gasteiger partial charge in [-0.3, -0.25) is 14.2 Å². The van der Waals surface area contributed by atoms with Crippen LogP contribution in [0.15, 0.2) is 70.7 Å². The van der Waals surface area contributed by atoms with Crippen LogP contribution in [0.3, 0.4) is 0 Å². The van der Waals surface area contributed by atoms with Gasteiger partial charge >= 0.3 is 0 Å². The Balaban J connectivity index is 1.45. The van der Waals surface area contributed by atoms with E-state index in [9.17, 15) is 18.4 Å². The molecule has 0 saturated carbocycles. The topological polar surface area (TPSA) is 86.1 Å². The van der Waals surface area contributed by atoms with Gasteiger partial charge in [-0.15, -0.1) is 11.3 Å². The van der Waals surface area contributed by atoms with Crippen molar-refractivity contribution in [1.29, 1.82) is 0 Å².